The normalized spacial score (nSPS) is 23.8. The number of hydrogen-bond donors (Lipinski definition) is 3. The molecule has 0 aliphatic carbocycles. The Balaban J connectivity index is 2.38. The highest BCUT2D eigenvalue weighted by Gasteiger charge is 2.27. The summed E-state index contributed by atoms with van der Waals surface area (Å²) < 4.78 is 0. The maximum absolute atomic E-state index is 9.49. The molecule has 78 valence electrons. The number of allylic oxidation sites excluding steroid dienone is 2. The van der Waals surface area contributed by atoms with Crippen molar-refractivity contribution in [3.05, 3.63) is 54.3 Å². The van der Waals surface area contributed by atoms with Crippen LogP contribution in [0.2, 0.25) is 0 Å². The summed E-state index contributed by atoms with van der Waals surface area (Å²) in [6.07, 6.45) is 7.58. The molecule has 1 unspecified atom stereocenters. The topological polar surface area (TPSA) is 58.3 Å². The van der Waals surface area contributed by atoms with Crippen LogP contribution in [0.1, 0.15) is 5.56 Å². The molecule has 0 saturated carbocycles. The zero-order valence-corrected chi connectivity index (χ0v) is 8.35. The number of nitrogens with one attached hydrogen (secondary N) is 1. The second kappa shape index (κ2) is 3.79. The standard InChI is InChI=1S/C12H14N2O/c13-11-5-3-10(4-6-11)12(9-15)7-1-2-8-14-12/h1-8,14-15H,9,13H2. The third kappa shape index (κ3) is 1.74. The smallest absolute Gasteiger partial charge is 0.104 e. The van der Waals surface area contributed by atoms with Crippen molar-refractivity contribution in [2.45, 2.75) is 5.54 Å². The van der Waals surface area contributed by atoms with Gasteiger partial charge in [-0.1, -0.05) is 24.3 Å². The van der Waals surface area contributed by atoms with Gasteiger partial charge in [0.1, 0.15) is 5.54 Å². The third-order valence-electron chi connectivity index (χ3n) is 2.60. The van der Waals surface area contributed by atoms with Crippen molar-refractivity contribution in [2.24, 2.45) is 0 Å². The van der Waals surface area contributed by atoms with Crippen LogP contribution in [0.4, 0.5) is 5.69 Å². The summed E-state index contributed by atoms with van der Waals surface area (Å²) in [6.45, 7) is 0.0117. The first kappa shape index (κ1) is 9.80. The fourth-order valence-electron chi connectivity index (χ4n) is 1.67. The quantitative estimate of drug-likeness (QED) is 0.630. The van der Waals surface area contributed by atoms with Gasteiger partial charge < -0.3 is 16.2 Å². The molecule has 0 fully saturated rings. The van der Waals surface area contributed by atoms with Crippen molar-refractivity contribution < 1.29 is 5.11 Å². The molecule has 0 bridgehead atoms. The van der Waals surface area contributed by atoms with Crippen LogP contribution in [0.5, 0.6) is 0 Å². The molecule has 3 heteroatoms. The first-order chi connectivity index (χ1) is 7.27. The molecular weight excluding hydrogens is 188 g/mol. The molecule has 1 heterocycles. The fourth-order valence-corrected chi connectivity index (χ4v) is 1.67. The monoisotopic (exact) mass is 202 g/mol. The van der Waals surface area contributed by atoms with E-state index in [9.17, 15) is 5.11 Å². The van der Waals surface area contributed by atoms with Crippen LogP contribution in [0.15, 0.2) is 48.7 Å². The number of hydrogen-bond acceptors (Lipinski definition) is 3. The van der Waals surface area contributed by atoms with Gasteiger partial charge in [-0.15, -0.1) is 0 Å². The van der Waals surface area contributed by atoms with Gasteiger partial charge in [-0.05, 0) is 30.0 Å². The lowest BCUT2D eigenvalue weighted by Crippen LogP contribution is -2.42. The molecule has 1 aromatic rings. The molecule has 1 aliphatic heterocycles. The predicted molar refractivity (Wildman–Crippen MR) is 61.0 cm³/mol. The molecule has 3 nitrogen and oxygen atoms in total. The number of aliphatic hydroxyl groups excluding tert-OH is 1. The Morgan fingerprint density at radius 1 is 1.20 bits per heavy atom. The number of nitrogens with two attached hydrogens (primary N) is 1. The lowest BCUT2D eigenvalue weighted by molar-refractivity contribution is 0.208. The molecular formula is C12H14N2O. The molecule has 1 aromatic carbocycles. The van der Waals surface area contributed by atoms with Crippen LogP contribution < -0.4 is 11.1 Å². The van der Waals surface area contributed by atoms with Gasteiger partial charge in [0.05, 0.1) is 6.61 Å². The van der Waals surface area contributed by atoms with Crippen molar-refractivity contribution in [3.8, 4) is 0 Å². The molecule has 0 amide bonds. The number of benzene rings is 1. The summed E-state index contributed by atoms with van der Waals surface area (Å²) in [5.74, 6) is 0. The number of rotatable bonds is 2. The van der Waals surface area contributed by atoms with E-state index in [1.807, 2.05) is 48.7 Å². The van der Waals surface area contributed by atoms with Gasteiger partial charge >= 0.3 is 0 Å². The van der Waals surface area contributed by atoms with Gasteiger partial charge in [0.25, 0.3) is 0 Å². The van der Waals surface area contributed by atoms with Crippen LogP contribution in [-0.2, 0) is 5.54 Å². The van der Waals surface area contributed by atoms with Gasteiger partial charge in [0.2, 0.25) is 0 Å². The Hall–Kier alpha value is -1.74. The largest absolute Gasteiger partial charge is 0.399 e. The Bertz CT molecular complexity index is 395. The predicted octanol–water partition coefficient (Wildman–Crippen LogP) is 1.13. The average Bonchev–Trinajstić information content (AvgIpc) is 2.31. The summed E-state index contributed by atoms with van der Waals surface area (Å²) in [5, 5.41) is 12.6. The highest BCUT2D eigenvalue weighted by Crippen LogP contribution is 2.25. The first-order valence-corrected chi connectivity index (χ1v) is 4.86. The second-order valence-electron chi connectivity index (χ2n) is 3.61. The molecule has 0 aromatic heterocycles. The van der Waals surface area contributed by atoms with Crippen LogP contribution in [-0.4, -0.2) is 11.7 Å². The summed E-state index contributed by atoms with van der Waals surface area (Å²) in [7, 11) is 0. The van der Waals surface area contributed by atoms with E-state index in [0.717, 1.165) is 11.3 Å². The second-order valence-corrected chi connectivity index (χ2v) is 3.61. The Morgan fingerprint density at radius 2 is 1.93 bits per heavy atom. The summed E-state index contributed by atoms with van der Waals surface area (Å²) >= 11 is 0. The molecule has 1 atom stereocenters. The van der Waals surface area contributed by atoms with E-state index >= 15 is 0 Å². The number of nitrogen functional groups attached to an aromatic ring is 1. The van der Waals surface area contributed by atoms with E-state index in [1.54, 1.807) is 0 Å². The fraction of sp³-hybridized carbons (Fsp3) is 0.167. The first-order valence-electron chi connectivity index (χ1n) is 4.86. The zero-order chi connectivity index (χ0) is 10.7. The van der Waals surface area contributed by atoms with E-state index in [1.165, 1.54) is 0 Å². The van der Waals surface area contributed by atoms with Crippen LogP contribution in [0, 0.1) is 0 Å². The average molecular weight is 202 g/mol. The SMILES string of the molecule is Nc1ccc(C2(CO)C=CC=CN2)cc1. The van der Waals surface area contributed by atoms with Gasteiger partial charge in [-0.2, -0.15) is 0 Å². The van der Waals surface area contributed by atoms with Crippen molar-refractivity contribution in [3.63, 3.8) is 0 Å². The summed E-state index contributed by atoms with van der Waals surface area (Å²) in [4.78, 5) is 0. The van der Waals surface area contributed by atoms with E-state index in [2.05, 4.69) is 5.32 Å². The van der Waals surface area contributed by atoms with Crippen LogP contribution in [0.3, 0.4) is 0 Å². The molecule has 4 N–H and O–H groups in total. The van der Waals surface area contributed by atoms with Gasteiger partial charge in [0.15, 0.2) is 0 Å². The van der Waals surface area contributed by atoms with Gasteiger partial charge in [-0.3, -0.25) is 0 Å². The Labute approximate surface area is 88.9 Å². The molecule has 0 radical (unpaired) electrons. The maximum atomic E-state index is 9.49. The van der Waals surface area contributed by atoms with Gasteiger partial charge in [0, 0.05) is 5.69 Å². The lowest BCUT2D eigenvalue weighted by Gasteiger charge is -2.31. The van der Waals surface area contributed by atoms with Crippen LogP contribution in [0.25, 0.3) is 0 Å². The molecule has 0 saturated heterocycles. The lowest BCUT2D eigenvalue weighted by atomic mass is 9.89. The van der Waals surface area contributed by atoms with Crippen LogP contribution >= 0.6 is 0 Å². The number of aliphatic hydroxyl groups is 1. The van der Waals surface area contributed by atoms with E-state index in [0.29, 0.717) is 0 Å². The summed E-state index contributed by atoms with van der Waals surface area (Å²) in [5.41, 5.74) is 6.84. The Kier molecular flexibility index (Phi) is 2.47. The third-order valence-corrected chi connectivity index (χ3v) is 2.60. The highest BCUT2D eigenvalue weighted by atomic mass is 16.3. The maximum Gasteiger partial charge on any atom is 0.104 e. The van der Waals surface area contributed by atoms with E-state index in [4.69, 9.17) is 5.73 Å². The van der Waals surface area contributed by atoms with Crippen molar-refractivity contribution >= 4 is 5.69 Å². The zero-order valence-electron chi connectivity index (χ0n) is 8.35. The number of dihydropyridines is 1. The minimum absolute atomic E-state index is 0.0117. The summed E-state index contributed by atoms with van der Waals surface area (Å²) in [6, 6.07) is 7.51. The van der Waals surface area contributed by atoms with Crippen molar-refractivity contribution in [2.75, 3.05) is 12.3 Å². The molecule has 1 aliphatic rings. The van der Waals surface area contributed by atoms with E-state index < -0.39 is 5.54 Å². The molecule has 15 heavy (non-hydrogen) atoms. The van der Waals surface area contributed by atoms with Gasteiger partial charge in [-0.25, -0.2) is 0 Å². The number of anilines is 1. The minimum atomic E-state index is -0.511. The van der Waals surface area contributed by atoms with Crippen molar-refractivity contribution in [1.82, 2.24) is 5.32 Å². The molecule has 0 spiro atoms. The highest BCUT2D eigenvalue weighted by molar-refractivity contribution is 5.43. The molecule has 2 rings (SSSR count). The van der Waals surface area contributed by atoms with E-state index in [-0.39, 0.29) is 6.61 Å². The Morgan fingerprint density at radius 3 is 2.47 bits per heavy atom. The van der Waals surface area contributed by atoms with Crippen molar-refractivity contribution in [1.29, 1.82) is 0 Å². The minimum Gasteiger partial charge on any atom is -0.399 e.